The number of thiazole rings is 1. The fraction of sp³-hybridized carbons (Fsp3) is 0.304. The molecule has 33 heavy (non-hydrogen) atoms. The Morgan fingerprint density at radius 3 is 2.73 bits per heavy atom. The second kappa shape index (κ2) is 8.13. The summed E-state index contributed by atoms with van der Waals surface area (Å²) >= 11 is 1.40. The molecule has 0 radical (unpaired) electrons. The van der Waals surface area contributed by atoms with E-state index in [1.54, 1.807) is 17.0 Å². The van der Waals surface area contributed by atoms with Crippen molar-refractivity contribution in [2.24, 2.45) is 0 Å². The Morgan fingerprint density at radius 1 is 1.06 bits per heavy atom. The first-order chi connectivity index (χ1) is 16.2. The summed E-state index contributed by atoms with van der Waals surface area (Å²) in [5.41, 5.74) is 2.51. The number of morpholine rings is 1. The first-order valence-corrected chi connectivity index (χ1v) is 11.7. The lowest BCUT2D eigenvalue weighted by Gasteiger charge is -2.25. The Labute approximate surface area is 192 Å². The average molecular weight is 464 g/mol. The molecule has 1 fully saturated rings. The van der Waals surface area contributed by atoms with Crippen molar-refractivity contribution in [2.45, 2.75) is 13.0 Å². The van der Waals surface area contributed by atoms with E-state index in [4.69, 9.17) is 14.1 Å². The molecule has 1 amide bonds. The summed E-state index contributed by atoms with van der Waals surface area (Å²) in [5, 5.41) is 0.779. The van der Waals surface area contributed by atoms with E-state index in [2.05, 4.69) is 9.88 Å². The number of fused-ring (bicyclic) bond motifs is 2. The minimum atomic E-state index is -0.494. The maximum atomic E-state index is 13.3. The van der Waals surface area contributed by atoms with E-state index in [-0.39, 0.29) is 12.5 Å². The quantitative estimate of drug-likeness (QED) is 0.459. The van der Waals surface area contributed by atoms with Crippen molar-refractivity contribution < 1.29 is 13.9 Å². The summed E-state index contributed by atoms with van der Waals surface area (Å²) < 4.78 is 12.4. The molecule has 0 N–H and O–H groups in total. The number of rotatable bonds is 4. The Bertz CT molecular complexity index is 1390. The van der Waals surface area contributed by atoms with Crippen molar-refractivity contribution in [3.63, 3.8) is 0 Å². The molecule has 0 bridgehead atoms. The zero-order valence-corrected chi connectivity index (χ0v) is 18.6. The molecule has 6 rings (SSSR count). The lowest BCUT2D eigenvalue weighted by molar-refractivity contribution is -0.119. The Balaban J connectivity index is 1.43. The van der Waals surface area contributed by atoms with Gasteiger partial charge in [-0.15, -0.1) is 0 Å². The van der Waals surface area contributed by atoms with Gasteiger partial charge in [-0.1, -0.05) is 29.5 Å². The van der Waals surface area contributed by atoms with Crippen LogP contribution in [0.2, 0.25) is 0 Å². The summed E-state index contributed by atoms with van der Waals surface area (Å²) in [6.45, 7) is 3.20. The number of carbonyl (C=O) groups is 1. The third kappa shape index (κ3) is 3.51. The zero-order chi connectivity index (χ0) is 22.4. The van der Waals surface area contributed by atoms with E-state index in [1.165, 1.54) is 22.2 Å². The van der Waals surface area contributed by atoms with Crippen LogP contribution in [-0.2, 0) is 22.5 Å². The fourth-order valence-corrected chi connectivity index (χ4v) is 5.48. The van der Waals surface area contributed by atoms with Crippen LogP contribution >= 0.6 is 11.3 Å². The molecule has 168 valence electrons. The number of furan rings is 1. The van der Waals surface area contributed by atoms with Crippen LogP contribution in [0.25, 0.3) is 21.8 Å². The van der Waals surface area contributed by atoms with Crippen molar-refractivity contribution >= 4 is 38.4 Å². The number of benzene rings is 1. The van der Waals surface area contributed by atoms with Gasteiger partial charge in [-0.25, -0.2) is 9.78 Å². The standard InChI is InChI=1S/C23H21N5O4S/c29-18(27-8-7-15-4-1-2-5-16(15)27)14-28-21-20(19(24-22(28)30)17-6-3-11-32-17)25-23(33-21)26-9-12-31-13-10-26/h1-6,11H,7-10,12-14H2. The number of ether oxygens (including phenoxy) is 1. The topological polar surface area (TPSA) is 93.7 Å². The van der Waals surface area contributed by atoms with E-state index in [0.717, 1.165) is 35.9 Å². The highest BCUT2D eigenvalue weighted by atomic mass is 32.1. The van der Waals surface area contributed by atoms with Crippen LogP contribution in [-0.4, -0.2) is 53.3 Å². The van der Waals surface area contributed by atoms with Crippen molar-refractivity contribution in [3.05, 3.63) is 58.7 Å². The van der Waals surface area contributed by atoms with Crippen molar-refractivity contribution in [1.82, 2.24) is 14.5 Å². The second-order valence-corrected chi connectivity index (χ2v) is 8.94. The number of para-hydroxylation sites is 1. The summed E-state index contributed by atoms with van der Waals surface area (Å²) in [6, 6.07) is 11.4. The van der Waals surface area contributed by atoms with Gasteiger partial charge in [0.1, 0.15) is 22.6 Å². The molecule has 3 aromatic heterocycles. The number of hydrogen-bond donors (Lipinski definition) is 0. The third-order valence-electron chi connectivity index (χ3n) is 6.02. The van der Waals surface area contributed by atoms with Gasteiger partial charge in [-0.3, -0.25) is 9.36 Å². The van der Waals surface area contributed by atoms with Crippen LogP contribution in [0.15, 0.2) is 51.9 Å². The van der Waals surface area contributed by atoms with Crippen LogP contribution in [0.3, 0.4) is 0 Å². The van der Waals surface area contributed by atoms with E-state index < -0.39 is 5.69 Å². The van der Waals surface area contributed by atoms with E-state index >= 15 is 0 Å². The molecule has 0 unspecified atom stereocenters. The van der Waals surface area contributed by atoms with E-state index in [9.17, 15) is 9.59 Å². The molecule has 9 nitrogen and oxygen atoms in total. The monoisotopic (exact) mass is 463 g/mol. The number of anilines is 2. The molecule has 0 saturated carbocycles. The number of amides is 1. The van der Waals surface area contributed by atoms with E-state index in [0.29, 0.717) is 41.6 Å². The molecule has 1 aromatic carbocycles. The van der Waals surface area contributed by atoms with Crippen LogP contribution in [0, 0.1) is 0 Å². The van der Waals surface area contributed by atoms with Gasteiger partial charge in [0.15, 0.2) is 10.9 Å². The highest BCUT2D eigenvalue weighted by Gasteiger charge is 2.27. The van der Waals surface area contributed by atoms with Crippen LogP contribution in [0.5, 0.6) is 0 Å². The van der Waals surface area contributed by atoms with Gasteiger partial charge in [-0.2, -0.15) is 4.98 Å². The zero-order valence-electron chi connectivity index (χ0n) is 17.8. The number of nitrogens with zero attached hydrogens (tertiary/aromatic N) is 5. The van der Waals surface area contributed by atoms with Gasteiger partial charge < -0.3 is 19.0 Å². The molecular formula is C23H21N5O4S. The summed E-state index contributed by atoms with van der Waals surface area (Å²) in [7, 11) is 0. The lowest BCUT2D eigenvalue weighted by Crippen LogP contribution is -2.36. The van der Waals surface area contributed by atoms with Gasteiger partial charge in [0.2, 0.25) is 5.91 Å². The van der Waals surface area contributed by atoms with Crippen molar-refractivity contribution in [1.29, 1.82) is 0 Å². The van der Waals surface area contributed by atoms with Gasteiger partial charge in [0, 0.05) is 25.3 Å². The minimum absolute atomic E-state index is 0.0974. The largest absolute Gasteiger partial charge is 0.463 e. The molecule has 0 aliphatic carbocycles. The SMILES string of the molecule is O=C(Cn1c(=O)nc(-c2ccco2)c2nc(N3CCOCC3)sc21)N1CCc2ccccc21. The molecule has 2 aliphatic rings. The Hall–Kier alpha value is -3.50. The van der Waals surface area contributed by atoms with Crippen LogP contribution < -0.4 is 15.5 Å². The number of hydrogen-bond acceptors (Lipinski definition) is 8. The number of aromatic nitrogens is 3. The number of carbonyl (C=O) groups excluding carboxylic acids is 1. The lowest BCUT2D eigenvalue weighted by atomic mass is 10.2. The molecular weight excluding hydrogens is 442 g/mol. The smallest absolute Gasteiger partial charge is 0.349 e. The predicted molar refractivity (Wildman–Crippen MR) is 125 cm³/mol. The van der Waals surface area contributed by atoms with Crippen LogP contribution in [0.1, 0.15) is 5.56 Å². The normalized spacial score (nSPS) is 15.9. The third-order valence-corrected chi connectivity index (χ3v) is 7.16. The van der Waals surface area contributed by atoms with Crippen molar-refractivity contribution in [3.8, 4) is 11.5 Å². The molecule has 10 heteroatoms. The maximum Gasteiger partial charge on any atom is 0.349 e. The second-order valence-electron chi connectivity index (χ2n) is 7.98. The first kappa shape index (κ1) is 20.1. The molecule has 2 aliphatic heterocycles. The average Bonchev–Trinajstić information content (AvgIpc) is 3.60. The Kier molecular flexibility index (Phi) is 4.96. The Morgan fingerprint density at radius 2 is 1.91 bits per heavy atom. The summed E-state index contributed by atoms with van der Waals surface area (Å²) in [5.74, 6) is 0.333. The predicted octanol–water partition coefficient (Wildman–Crippen LogP) is 2.54. The molecule has 0 atom stereocenters. The summed E-state index contributed by atoms with van der Waals surface area (Å²) in [4.78, 5) is 40.0. The summed E-state index contributed by atoms with van der Waals surface area (Å²) in [6.07, 6.45) is 2.35. The molecule has 0 spiro atoms. The first-order valence-electron chi connectivity index (χ1n) is 10.9. The van der Waals surface area contributed by atoms with E-state index in [1.807, 2.05) is 24.3 Å². The highest BCUT2D eigenvalue weighted by Crippen LogP contribution is 2.34. The van der Waals surface area contributed by atoms with Crippen molar-refractivity contribution in [2.75, 3.05) is 42.6 Å². The van der Waals surface area contributed by atoms with Gasteiger partial charge in [0.05, 0.1) is 19.5 Å². The van der Waals surface area contributed by atoms with Gasteiger partial charge in [-0.05, 0) is 30.2 Å². The van der Waals surface area contributed by atoms with Crippen LogP contribution in [0.4, 0.5) is 10.8 Å². The minimum Gasteiger partial charge on any atom is -0.463 e. The fourth-order valence-electron chi connectivity index (χ4n) is 4.37. The van der Waals surface area contributed by atoms with Gasteiger partial charge in [0.25, 0.3) is 0 Å². The molecule has 4 aromatic rings. The molecule has 1 saturated heterocycles. The molecule has 5 heterocycles. The maximum absolute atomic E-state index is 13.3. The van der Waals surface area contributed by atoms with Gasteiger partial charge >= 0.3 is 5.69 Å². The highest BCUT2D eigenvalue weighted by molar-refractivity contribution is 7.22.